The number of nitrogens with one attached hydrogen (secondary N) is 2. The normalized spacial score (nSPS) is 19.8. The average Bonchev–Trinajstić information content (AvgIpc) is 2.42. The Bertz CT molecular complexity index is 431. The second-order valence-electron chi connectivity index (χ2n) is 5.20. The maximum atomic E-state index is 12.0. The number of rotatable bonds is 5. The number of nitrogens with zero attached hydrogens (tertiary/aromatic N) is 1. The van der Waals surface area contributed by atoms with E-state index in [9.17, 15) is 4.79 Å². The highest BCUT2D eigenvalue weighted by Gasteiger charge is 2.21. The zero-order valence-electron chi connectivity index (χ0n) is 12.2. The number of carbonyl (C=O) groups is 1. The van der Waals surface area contributed by atoms with Crippen LogP contribution in [0.3, 0.4) is 0 Å². The number of ether oxygens (including phenoxy) is 1. The van der Waals surface area contributed by atoms with Gasteiger partial charge in [0.15, 0.2) is 0 Å². The molecule has 1 fully saturated rings. The summed E-state index contributed by atoms with van der Waals surface area (Å²) in [7, 11) is 1.91. The van der Waals surface area contributed by atoms with Crippen LogP contribution in [0.2, 0.25) is 0 Å². The molecule has 1 atom stereocenters. The Morgan fingerprint density at radius 3 is 2.85 bits per heavy atom. The van der Waals surface area contributed by atoms with E-state index in [1.54, 1.807) is 0 Å². The number of aryl methyl sites for hydroxylation is 1. The highest BCUT2D eigenvalue weighted by atomic mass is 16.5. The van der Waals surface area contributed by atoms with Crippen LogP contribution in [0.4, 0.5) is 5.69 Å². The van der Waals surface area contributed by atoms with Crippen molar-refractivity contribution in [2.24, 2.45) is 0 Å². The van der Waals surface area contributed by atoms with E-state index in [1.807, 2.05) is 38.2 Å². The molecule has 0 saturated carbocycles. The summed E-state index contributed by atoms with van der Waals surface area (Å²) in [5.41, 5.74) is 2.03. The molecule has 0 radical (unpaired) electrons. The molecule has 2 rings (SSSR count). The first kappa shape index (κ1) is 15.0. The summed E-state index contributed by atoms with van der Waals surface area (Å²) in [4.78, 5) is 14.2. The molecule has 1 unspecified atom stereocenters. The van der Waals surface area contributed by atoms with Crippen molar-refractivity contribution >= 4 is 11.6 Å². The van der Waals surface area contributed by atoms with E-state index < -0.39 is 0 Å². The Hall–Kier alpha value is -1.43. The number of hydrogen-bond donors (Lipinski definition) is 2. The molecular formula is C15H23N3O2. The van der Waals surface area contributed by atoms with Crippen molar-refractivity contribution in [1.82, 2.24) is 10.2 Å². The first-order valence-corrected chi connectivity index (χ1v) is 7.02. The smallest absolute Gasteiger partial charge is 0.238 e. The van der Waals surface area contributed by atoms with Gasteiger partial charge in [-0.3, -0.25) is 9.69 Å². The molecule has 110 valence electrons. The van der Waals surface area contributed by atoms with Gasteiger partial charge in [-0.15, -0.1) is 0 Å². The van der Waals surface area contributed by atoms with E-state index in [2.05, 4.69) is 15.5 Å². The van der Waals surface area contributed by atoms with Crippen molar-refractivity contribution < 1.29 is 9.53 Å². The molecule has 0 bridgehead atoms. The summed E-state index contributed by atoms with van der Waals surface area (Å²) in [6, 6.07) is 7.84. The van der Waals surface area contributed by atoms with E-state index in [1.165, 1.54) is 5.56 Å². The Morgan fingerprint density at radius 1 is 1.40 bits per heavy atom. The van der Waals surface area contributed by atoms with Crippen LogP contribution in [0, 0.1) is 6.92 Å². The summed E-state index contributed by atoms with van der Waals surface area (Å²) >= 11 is 0. The predicted octanol–water partition coefficient (Wildman–Crippen LogP) is 0.854. The lowest BCUT2D eigenvalue weighted by Crippen LogP contribution is -2.48. The number of carbonyl (C=O) groups excluding carboxylic acids is 1. The Balaban J connectivity index is 1.80. The lowest BCUT2D eigenvalue weighted by molar-refractivity contribution is -0.119. The van der Waals surface area contributed by atoms with Crippen LogP contribution >= 0.6 is 0 Å². The van der Waals surface area contributed by atoms with Crippen molar-refractivity contribution in [2.45, 2.75) is 13.0 Å². The number of likely N-dealkylation sites (N-methyl/N-ethyl adjacent to an activating group) is 1. The number of hydrogen-bond acceptors (Lipinski definition) is 4. The van der Waals surface area contributed by atoms with Crippen LogP contribution in [-0.2, 0) is 9.53 Å². The molecule has 1 aromatic rings. The minimum absolute atomic E-state index is 0.0268. The zero-order chi connectivity index (χ0) is 14.4. The third-order valence-electron chi connectivity index (χ3n) is 3.36. The molecule has 1 heterocycles. The summed E-state index contributed by atoms with van der Waals surface area (Å²) < 4.78 is 5.63. The first-order chi connectivity index (χ1) is 9.67. The molecule has 2 N–H and O–H groups in total. The topological polar surface area (TPSA) is 53.6 Å². The zero-order valence-corrected chi connectivity index (χ0v) is 12.2. The largest absolute Gasteiger partial charge is 0.374 e. The van der Waals surface area contributed by atoms with Crippen molar-refractivity contribution in [1.29, 1.82) is 0 Å². The molecule has 0 aliphatic carbocycles. The van der Waals surface area contributed by atoms with Gasteiger partial charge in [-0.25, -0.2) is 0 Å². The fraction of sp³-hybridized carbons (Fsp3) is 0.533. The van der Waals surface area contributed by atoms with Gasteiger partial charge in [0, 0.05) is 25.3 Å². The van der Waals surface area contributed by atoms with Crippen molar-refractivity contribution in [3.63, 3.8) is 0 Å². The van der Waals surface area contributed by atoms with Crippen LogP contribution in [0.25, 0.3) is 0 Å². The number of anilines is 1. The highest BCUT2D eigenvalue weighted by molar-refractivity contribution is 5.92. The molecule has 1 saturated heterocycles. The molecule has 0 aromatic heterocycles. The molecule has 5 heteroatoms. The maximum absolute atomic E-state index is 12.0. The molecule has 1 aromatic carbocycles. The summed E-state index contributed by atoms with van der Waals surface area (Å²) in [6.07, 6.45) is 0.168. The van der Waals surface area contributed by atoms with Crippen LogP contribution in [0.15, 0.2) is 24.3 Å². The minimum atomic E-state index is 0.0268. The standard InChI is InChI=1S/C15H23N3O2/c1-12-3-5-13(6-4-12)17-15(19)11-18-7-8-20-14(10-18)9-16-2/h3-6,14,16H,7-11H2,1-2H3,(H,17,19). The van der Waals surface area contributed by atoms with E-state index in [4.69, 9.17) is 4.74 Å². The summed E-state index contributed by atoms with van der Waals surface area (Å²) in [5, 5.41) is 6.03. The Morgan fingerprint density at radius 2 is 2.15 bits per heavy atom. The van der Waals surface area contributed by atoms with E-state index >= 15 is 0 Å². The molecule has 20 heavy (non-hydrogen) atoms. The van der Waals surface area contributed by atoms with Gasteiger partial charge in [-0.05, 0) is 26.1 Å². The van der Waals surface area contributed by atoms with E-state index in [-0.39, 0.29) is 12.0 Å². The average molecular weight is 277 g/mol. The van der Waals surface area contributed by atoms with Crippen LogP contribution in [0.5, 0.6) is 0 Å². The lowest BCUT2D eigenvalue weighted by atomic mass is 10.2. The number of morpholine rings is 1. The van der Waals surface area contributed by atoms with E-state index in [0.29, 0.717) is 13.2 Å². The van der Waals surface area contributed by atoms with Gasteiger partial charge in [0.1, 0.15) is 0 Å². The molecule has 1 aliphatic rings. The molecule has 5 nitrogen and oxygen atoms in total. The lowest BCUT2D eigenvalue weighted by Gasteiger charge is -2.32. The Labute approximate surface area is 120 Å². The fourth-order valence-corrected chi connectivity index (χ4v) is 2.32. The van der Waals surface area contributed by atoms with Crippen molar-refractivity contribution in [3.05, 3.63) is 29.8 Å². The monoisotopic (exact) mass is 277 g/mol. The third-order valence-corrected chi connectivity index (χ3v) is 3.36. The third kappa shape index (κ3) is 4.59. The van der Waals surface area contributed by atoms with Crippen molar-refractivity contribution in [3.8, 4) is 0 Å². The van der Waals surface area contributed by atoms with Gasteiger partial charge in [0.05, 0.1) is 19.3 Å². The first-order valence-electron chi connectivity index (χ1n) is 7.02. The second kappa shape index (κ2) is 7.38. The van der Waals surface area contributed by atoms with Gasteiger partial charge >= 0.3 is 0 Å². The second-order valence-corrected chi connectivity index (χ2v) is 5.20. The minimum Gasteiger partial charge on any atom is -0.374 e. The molecular weight excluding hydrogens is 254 g/mol. The van der Waals surface area contributed by atoms with Crippen molar-refractivity contribution in [2.75, 3.05) is 45.2 Å². The number of benzene rings is 1. The van der Waals surface area contributed by atoms with Crippen LogP contribution in [-0.4, -0.2) is 56.7 Å². The van der Waals surface area contributed by atoms with Crippen LogP contribution < -0.4 is 10.6 Å². The predicted molar refractivity (Wildman–Crippen MR) is 79.9 cm³/mol. The Kier molecular flexibility index (Phi) is 5.52. The highest BCUT2D eigenvalue weighted by Crippen LogP contribution is 2.09. The van der Waals surface area contributed by atoms with Gasteiger partial charge in [0.2, 0.25) is 5.91 Å². The summed E-state index contributed by atoms with van der Waals surface area (Å²) in [5.74, 6) is 0.0268. The molecule has 1 amide bonds. The van der Waals surface area contributed by atoms with Gasteiger partial charge in [-0.2, -0.15) is 0 Å². The van der Waals surface area contributed by atoms with Gasteiger partial charge in [0.25, 0.3) is 0 Å². The van der Waals surface area contributed by atoms with E-state index in [0.717, 1.165) is 25.3 Å². The SMILES string of the molecule is CNCC1CN(CC(=O)Nc2ccc(C)cc2)CCO1. The van der Waals surface area contributed by atoms with Crippen LogP contribution in [0.1, 0.15) is 5.56 Å². The van der Waals surface area contributed by atoms with Gasteiger partial charge in [-0.1, -0.05) is 17.7 Å². The maximum Gasteiger partial charge on any atom is 0.238 e. The fourth-order valence-electron chi connectivity index (χ4n) is 2.32. The molecule has 0 spiro atoms. The number of amides is 1. The van der Waals surface area contributed by atoms with Gasteiger partial charge < -0.3 is 15.4 Å². The summed E-state index contributed by atoms with van der Waals surface area (Å²) in [6.45, 7) is 5.54. The molecule has 1 aliphatic heterocycles. The quantitative estimate of drug-likeness (QED) is 0.838.